The Morgan fingerprint density at radius 3 is 2.95 bits per heavy atom. The summed E-state index contributed by atoms with van der Waals surface area (Å²) >= 11 is 6.20. The van der Waals surface area contributed by atoms with Gasteiger partial charge in [-0.25, -0.2) is 4.98 Å². The molecule has 0 saturated carbocycles. The number of aldehydes is 1. The quantitative estimate of drug-likeness (QED) is 0.675. The van der Waals surface area contributed by atoms with Crippen LogP contribution in [0.15, 0.2) is 24.5 Å². The van der Waals surface area contributed by atoms with Crippen LogP contribution >= 0.6 is 11.6 Å². The molecule has 6 heteroatoms. The number of aromatic nitrogens is 4. The average molecular weight is 275 g/mol. The van der Waals surface area contributed by atoms with Gasteiger partial charge >= 0.3 is 0 Å². The van der Waals surface area contributed by atoms with Crippen LogP contribution in [0, 0.1) is 6.92 Å². The smallest absolute Gasteiger partial charge is 0.155 e. The van der Waals surface area contributed by atoms with E-state index in [0.29, 0.717) is 27.7 Å². The van der Waals surface area contributed by atoms with Gasteiger partial charge in [0.25, 0.3) is 0 Å². The molecule has 0 spiro atoms. The highest BCUT2D eigenvalue weighted by molar-refractivity contribution is 6.35. The lowest BCUT2D eigenvalue weighted by molar-refractivity contribution is 0.112. The number of fused-ring (bicyclic) bond motifs is 1. The fourth-order valence-electron chi connectivity index (χ4n) is 2.27. The third kappa shape index (κ3) is 1.66. The number of nitrogens with zero attached hydrogens (tertiary/aromatic N) is 4. The predicted molar refractivity (Wildman–Crippen MR) is 73.0 cm³/mol. The standard InChI is InChI=1S/C13H11ClN4O/c1-8-10(7-19)13(17(2)16-8)18-6-11(14)9-4-3-5-15-12(9)18/h3-7H,1-2H3. The second kappa shape index (κ2) is 4.20. The molecule has 0 radical (unpaired) electrons. The molecular weight excluding hydrogens is 264 g/mol. The summed E-state index contributed by atoms with van der Waals surface area (Å²) in [6.45, 7) is 1.80. The molecule has 3 aromatic heterocycles. The van der Waals surface area contributed by atoms with Crippen LogP contribution in [0.2, 0.25) is 5.02 Å². The van der Waals surface area contributed by atoms with E-state index in [0.717, 1.165) is 11.7 Å². The van der Waals surface area contributed by atoms with Crippen molar-refractivity contribution in [2.45, 2.75) is 6.92 Å². The Labute approximate surface area is 114 Å². The molecule has 0 N–H and O–H groups in total. The molecule has 0 bridgehead atoms. The van der Waals surface area contributed by atoms with Gasteiger partial charge in [0.15, 0.2) is 6.29 Å². The van der Waals surface area contributed by atoms with Crippen LogP contribution in [0.1, 0.15) is 16.1 Å². The van der Waals surface area contributed by atoms with E-state index in [1.807, 2.05) is 12.1 Å². The fraction of sp³-hybridized carbons (Fsp3) is 0.154. The van der Waals surface area contributed by atoms with E-state index in [1.165, 1.54) is 0 Å². The van der Waals surface area contributed by atoms with E-state index in [4.69, 9.17) is 11.6 Å². The first-order valence-electron chi connectivity index (χ1n) is 5.74. The van der Waals surface area contributed by atoms with E-state index in [9.17, 15) is 4.79 Å². The molecule has 0 aliphatic carbocycles. The van der Waals surface area contributed by atoms with Crippen molar-refractivity contribution in [1.29, 1.82) is 0 Å². The predicted octanol–water partition coefficient (Wildman–Crippen LogP) is 2.53. The Morgan fingerprint density at radius 2 is 2.21 bits per heavy atom. The fourth-order valence-corrected chi connectivity index (χ4v) is 2.51. The van der Waals surface area contributed by atoms with Gasteiger partial charge in [0.05, 0.1) is 16.3 Å². The number of carbonyl (C=O) groups is 1. The van der Waals surface area contributed by atoms with Gasteiger partial charge in [0.1, 0.15) is 11.5 Å². The van der Waals surface area contributed by atoms with E-state index in [1.54, 1.807) is 35.6 Å². The molecule has 0 aromatic carbocycles. The Balaban J connectivity index is 2.40. The number of pyridine rings is 1. The van der Waals surface area contributed by atoms with E-state index in [2.05, 4.69) is 10.1 Å². The molecule has 0 aliphatic heterocycles. The maximum atomic E-state index is 11.3. The summed E-state index contributed by atoms with van der Waals surface area (Å²) in [5.74, 6) is 0.670. The number of hydrogen-bond donors (Lipinski definition) is 0. The van der Waals surface area contributed by atoms with Gasteiger partial charge in [0, 0.05) is 24.8 Å². The second-order valence-electron chi connectivity index (χ2n) is 4.29. The van der Waals surface area contributed by atoms with E-state index in [-0.39, 0.29) is 0 Å². The van der Waals surface area contributed by atoms with Crippen LogP contribution in [-0.2, 0) is 7.05 Å². The van der Waals surface area contributed by atoms with Crippen molar-refractivity contribution in [2.24, 2.45) is 7.05 Å². The molecule has 0 saturated heterocycles. The normalized spacial score (nSPS) is 11.1. The van der Waals surface area contributed by atoms with Gasteiger partial charge in [-0.15, -0.1) is 0 Å². The lowest BCUT2D eigenvalue weighted by atomic mass is 10.2. The van der Waals surface area contributed by atoms with Gasteiger partial charge in [-0.05, 0) is 19.1 Å². The topological polar surface area (TPSA) is 52.7 Å². The van der Waals surface area contributed by atoms with Gasteiger partial charge in [-0.1, -0.05) is 11.6 Å². The van der Waals surface area contributed by atoms with Crippen LogP contribution in [0.3, 0.4) is 0 Å². The Hall–Kier alpha value is -2.14. The average Bonchev–Trinajstić information content (AvgIpc) is 2.87. The zero-order chi connectivity index (χ0) is 13.6. The summed E-state index contributed by atoms with van der Waals surface area (Å²) in [5, 5.41) is 5.71. The summed E-state index contributed by atoms with van der Waals surface area (Å²) in [6.07, 6.45) is 4.25. The Bertz CT molecular complexity index is 787. The molecule has 3 rings (SSSR count). The minimum atomic E-state index is 0.543. The monoisotopic (exact) mass is 274 g/mol. The minimum absolute atomic E-state index is 0.543. The Kier molecular flexibility index (Phi) is 2.64. The van der Waals surface area contributed by atoms with Gasteiger partial charge < -0.3 is 0 Å². The molecule has 0 aliphatic rings. The van der Waals surface area contributed by atoms with Crippen LogP contribution in [0.25, 0.3) is 16.9 Å². The zero-order valence-electron chi connectivity index (χ0n) is 10.5. The van der Waals surface area contributed by atoms with Gasteiger partial charge in [0.2, 0.25) is 0 Å². The third-order valence-electron chi connectivity index (χ3n) is 3.10. The first-order valence-corrected chi connectivity index (χ1v) is 6.12. The van der Waals surface area contributed by atoms with Crippen LogP contribution < -0.4 is 0 Å². The first-order chi connectivity index (χ1) is 9.13. The molecule has 0 amide bonds. The molecule has 96 valence electrons. The SMILES string of the molecule is Cc1nn(C)c(-n2cc(Cl)c3cccnc32)c1C=O. The van der Waals surface area contributed by atoms with Gasteiger partial charge in [-0.2, -0.15) is 5.10 Å². The number of rotatable bonds is 2. The molecule has 0 fully saturated rings. The number of halogens is 1. The van der Waals surface area contributed by atoms with Crippen molar-refractivity contribution >= 4 is 28.9 Å². The molecule has 3 aromatic rings. The van der Waals surface area contributed by atoms with Crippen molar-refractivity contribution in [1.82, 2.24) is 19.3 Å². The van der Waals surface area contributed by atoms with Crippen molar-refractivity contribution in [3.8, 4) is 5.82 Å². The van der Waals surface area contributed by atoms with Crippen molar-refractivity contribution in [3.05, 3.63) is 40.8 Å². The van der Waals surface area contributed by atoms with Gasteiger partial charge in [-0.3, -0.25) is 14.0 Å². The highest BCUT2D eigenvalue weighted by Crippen LogP contribution is 2.28. The van der Waals surface area contributed by atoms with Crippen LogP contribution in [0.4, 0.5) is 0 Å². The minimum Gasteiger partial charge on any atom is -0.298 e. The number of hydrogen-bond acceptors (Lipinski definition) is 3. The first kappa shape index (κ1) is 11.9. The largest absolute Gasteiger partial charge is 0.298 e. The summed E-state index contributed by atoms with van der Waals surface area (Å²) in [7, 11) is 1.79. The zero-order valence-corrected chi connectivity index (χ0v) is 11.2. The highest BCUT2D eigenvalue weighted by atomic mass is 35.5. The maximum Gasteiger partial charge on any atom is 0.155 e. The number of aryl methyl sites for hydroxylation is 2. The van der Waals surface area contributed by atoms with Crippen molar-refractivity contribution in [3.63, 3.8) is 0 Å². The summed E-state index contributed by atoms with van der Waals surface area (Å²) in [5.41, 5.74) is 1.93. The van der Waals surface area contributed by atoms with Crippen LogP contribution in [0.5, 0.6) is 0 Å². The van der Waals surface area contributed by atoms with E-state index < -0.39 is 0 Å². The molecular formula is C13H11ClN4O. The van der Waals surface area contributed by atoms with Crippen molar-refractivity contribution in [2.75, 3.05) is 0 Å². The molecule has 0 unspecified atom stereocenters. The van der Waals surface area contributed by atoms with E-state index >= 15 is 0 Å². The summed E-state index contributed by atoms with van der Waals surface area (Å²) < 4.78 is 3.45. The van der Waals surface area contributed by atoms with Crippen molar-refractivity contribution < 1.29 is 4.79 Å². The molecule has 3 heterocycles. The highest BCUT2D eigenvalue weighted by Gasteiger charge is 2.18. The maximum absolute atomic E-state index is 11.3. The van der Waals surface area contributed by atoms with Crippen LogP contribution in [-0.4, -0.2) is 25.6 Å². The Morgan fingerprint density at radius 1 is 1.42 bits per heavy atom. The second-order valence-corrected chi connectivity index (χ2v) is 4.69. The molecule has 5 nitrogen and oxygen atoms in total. The number of carbonyl (C=O) groups excluding carboxylic acids is 1. The summed E-state index contributed by atoms with van der Waals surface area (Å²) in [6, 6.07) is 3.72. The summed E-state index contributed by atoms with van der Waals surface area (Å²) in [4.78, 5) is 15.6. The third-order valence-corrected chi connectivity index (χ3v) is 3.40. The molecule has 19 heavy (non-hydrogen) atoms. The lowest BCUT2D eigenvalue weighted by Gasteiger charge is -2.05. The molecule has 0 atom stereocenters. The lowest BCUT2D eigenvalue weighted by Crippen LogP contribution is -2.04.